The second-order valence-corrected chi connectivity index (χ2v) is 7.02. The number of nitrogens with two attached hydrogens (primary N) is 1. The van der Waals surface area contributed by atoms with Crippen molar-refractivity contribution in [1.29, 1.82) is 0 Å². The Bertz CT molecular complexity index is 327. The Morgan fingerprint density at radius 2 is 1.65 bits per heavy atom. The summed E-state index contributed by atoms with van der Waals surface area (Å²) in [6, 6.07) is 0.574. The summed E-state index contributed by atoms with van der Waals surface area (Å²) in [6.45, 7) is 0.975. The lowest BCUT2D eigenvalue weighted by Crippen LogP contribution is -2.42. The highest BCUT2D eigenvalue weighted by Crippen LogP contribution is 2.57. The molecule has 0 radical (unpaired) electrons. The van der Waals surface area contributed by atoms with Crippen molar-refractivity contribution in [3.05, 3.63) is 0 Å². The van der Waals surface area contributed by atoms with E-state index in [0.717, 1.165) is 12.5 Å². The minimum atomic E-state index is 0. The molecule has 0 aromatic carbocycles. The van der Waals surface area contributed by atoms with E-state index >= 15 is 0 Å². The fourth-order valence-electron chi connectivity index (χ4n) is 3.94. The van der Waals surface area contributed by atoms with Gasteiger partial charge < -0.3 is 11.1 Å². The maximum absolute atomic E-state index is 6.10. The molecule has 3 aliphatic carbocycles. The summed E-state index contributed by atoms with van der Waals surface area (Å²) in [5.74, 6) is 1.68. The van der Waals surface area contributed by atoms with Crippen molar-refractivity contribution >= 4 is 29.9 Å². The van der Waals surface area contributed by atoms with Gasteiger partial charge in [0.15, 0.2) is 5.96 Å². The summed E-state index contributed by atoms with van der Waals surface area (Å²) in [5, 5.41) is 3.47. The van der Waals surface area contributed by atoms with Crippen LogP contribution in [0.15, 0.2) is 4.99 Å². The highest BCUT2D eigenvalue weighted by atomic mass is 127. The second-order valence-electron chi connectivity index (χ2n) is 7.02. The van der Waals surface area contributed by atoms with Gasteiger partial charge in [-0.05, 0) is 49.9 Å². The van der Waals surface area contributed by atoms with Gasteiger partial charge in [0.25, 0.3) is 0 Å². The van der Waals surface area contributed by atoms with E-state index in [9.17, 15) is 0 Å². The number of halogens is 1. The lowest BCUT2D eigenvalue weighted by atomic mass is 9.65. The van der Waals surface area contributed by atoms with Gasteiger partial charge in [-0.3, -0.25) is 4.99 Å². The molecule has 3 rings (SSSR count). The predicted molar refractivity (Wildman–Crippen MR) is 95.5 cm³/mol. The third-order valence-electron chi connectivity index (χ3n) is 5.56. The fourth-order valence-corrected chi connectivity index (χ4v) is 3.94. The summed E-state index contributed by atoms with van der Waals surface area (Å²) in [5.41, 5.74) is 6.65. The lowest BCUT2D eigenvalue weighted by molar-refractivity contribution is 0.113. The minimum Gasteiger partial charge on any atom is -0.370 e. The number of nitrogens with zero attached hydrogens (tertiary/aromatic N) is 1. The number of guanidine groups is 1. The van der Waals surface area contributed by atoms with Crippen molar-refractivity contribution < 1.29 is 0 Å². The van der Waals surface area contributed by atoms with E-state index in [2.05, 4.69) is 10.3 Å². The Labute approximate surface area is 140 Å². The number of hydrogen-bond donors (Lipinski definition) is 2. The monoisotopic (exact) mass is 391 g/mol. The quantitative estimate of drug-likeness (QED) is 0.331. The maximum atomic E-state index is 6.10. The molecule has 0 saturated heterocycles. The van der Waals surface area contributed by atoms with Gasteiger partial charge in [-0.2, -0.15) is 0 Å². The van der Waals surface area contributed by atoms with Crippen molar-refractivity contribution in [3.8, 4) is 0 Å². The van der Waals surface area contributed by atoms with Crippen LogP contribution >= 0.6 is 24.0 Å². The summed E-state index contributed by atoms with van der Waals surface area (Å²) >= 11 is 0. The molecule has 0 aromatic heterocycles. The Morgan fingerprint density at radius 1 is 1.00 bits per heavy atom. The molecule has 0 bridgehead atoms. The molecule has 0 heterocycles. The largest absolute Gasteiger partial charge is 0.370 e. The normalized spacial score (nSPS) is 27.1. The maximum Gasteiger partial charge on any atom is 0.188 e. The average Bonchev–Trinajstić information content (AvgIpc) is 3.15. The molecule has 20 heavy (non-hydrogen) atoms. The van der Waals surface area contributed by atoms with Crippen molar-refractivity contribution in [3.63, 3.8) is 0 Å². The van der Waals surface area contributed by atoms with E-state index in [0.29, 0.717) is 17.4 Å². The first-order valence-corrected chi connectivity index (χ1v) is 8.35. The van der Waals surface area contributed by atoms with Crippen LogP contribution in [0.1, 0.15) is 70.6 Å². The zero-order chi connectivity index (χ0) is 13.1. The molecule has 0 unspecified atom stereocenters. The van der Waals surface area contributed by atoms with Crippen molar-refractivity contribution in [2.24, 2.45) is 22.1 Å². The number of aliphatic imine (C=N–C) groups is 1. The van der Waals surface area contributed by atoms with E-state index in [-0.39, 0.29) is 24.0 Å². The molecular formula is C16H30IN3. The van der Waals surface area contributed by atoms with Gasteiger partial charge in [0.1, 0.15) is 0 Å². The van der Waals surface area contributed by atoms with Crippen LogP contribution in [0, 0.1) is 11.3 Å². The van der Waals surface area contributed by atoms with E-state index < -0.39 is 0 Å². The Morgan fingerprint density at radius 3 is 2.15 bits per heavy atom. The summed E-state index contributed by atoms with van der Waals surface area (Å²) in [6.07, 6.45) is 15.1. The van der Waals surface area contributed by atoms with Crippen molar-refractivity contribution in [2.75, 3.05) is 6.54 Å². The zero-order valence-corrected chi connectivity index (χ0v) is 14.9. The summed E-state index contributed by atoms with van der Waals surface area (Å²) in [4.78, 5) is 4.69. The molecule has 0 amide bonds. The van der Waals surface area contributed by atoms with Crippen LogP contribution in [0.3, 0.4) is 0 Å². The summed E-state index contributed by atoms with van der Waals surface area (Å²) < 4.78 is 0. The van der Waals surface area contributed by atoms with Gasteiger partial charge in [0.2, 0.25) is 0 Å². The Hall–Kier alpha value is 0. The topological polar surface area (TPSA) is 50.4 Å². The molecule has 0 atom stereocenters. The van der Waals surface area contributed by atoms with Gasteiger partial charge in [-0.15, -0.1) is 24.0 Å². The van der Waals surface area contributed by atoms with Crippen molar-refractivity contribution in [2.45, 2.75) is 76.7 Å². The van der Waals surface area contributed by atoms with E-state index in [1.54, 1.807) is 0 Å². The van der Waals surface area contributed by atoms with Crippen LogP contribution in [-0.4, -0.2) is 18.5 Å². The Balaban J connectivity index is 0.00000147. The minimum absolute atomic E-state index is 0. The van der Waals surface area contributed by atoms with E-state index in [4.69, 9.17) is 5.73 Å². The molecule has 0 aromatic rings. The molecule has 3 nitrogen and oxygen atoms in total. The molecule has 3 aliphatic rings. The second kappa shape index (κ2) is 7.32. The SMILES string of the molecule is I.NC(=NCC1(C2CC2)CCC1)NC1CCCCCC1. The molecule has 3 fully saturated rings. The third kappa shape index (κ3) is 4.01. The van der Waals surface area contributed by atoms with Gasteiger partial charge >= 0.3 is 0 Å². The van der Waals surface area contributed by atoms with Crippen LogP contribution in [0.4, 0.5) is 0 Å². The van der Waals surface area contributed by atoms with Crippen LogP contribution in [0.2, 0.25) is 0 Å². The zero-order valence-electron chi connectivity index (χ0n) is 12.6. The van der Waals surface area contributed by atoms with Crippen LogP contribution in [0.25, 0.3) is 0 Å². The highest BCUT2D eigenvalue weighted by Gasteiger charge is 2.48. The standard InChI is InChI=1S/C16H29N3.HI/c17-15(19-14-6-3-1-2-4-7-14)18-12-16(10-5-11-16)13-8-9-13;/h13-14H,1-12H2,(H3,17,18,19);1H. The highest BCUT2D eigenvalue weighted by molar-refractivity contribution is 14.0. The van der Waals surface area contributed by atoms with Gasteiger partial charge in [-0.25, -0.2) is 0 Å². The fraction of sp³-hybridized carbons (Fsp3) is 0.938. The molecule has 0 aliphatic heterocycles. The third-order valence-corrected chi connectivity index (χ3v) is 5.56. The summed E-state index contributed by atoms with van der Waals surface area (Å²) in [7, 11) is 0. The number of rotatable bonds is 4. The van der Waals surface area contributed by atoms with E-state index in [1.807, 2.05) is 0 Å². The smallest absolute Gasteiger partial charge is 0.188 e. The van der Waals surface area contributed by atoms with E-state index in [1.165, 1.54) is 70.6 Å². The Kier molecular flexibility index (Phi) is 5.99. The molecule has 0 spiro atoms. The lowest BCUT2D eigenvalue weighted by Gasteiger charge is -2.41. The molecular weight excluding hydrogens is 361 g/mol. The molecule has 3 N–H and O–H groups in total. The average molecular weight is 391 g/mol. The number of hydrogen-bond acceptors (Lipinski definition) is 1. The van der Waals surface area contributed by atoms with Crippen LogP contribution < -0.4 is 11.1 Å². The van der Waals surface area contributed by atoms with Crippen LogP contribution in [-0.2, 0) is 0 Å². The van der Waals surface area contributed by atoms with Gasteiger partial charge in [0.05, 0.1) is 0 Å². The van der Waals surface area contributed by atoms with Gasteiger partial charge in [-0.1, -0.05) is 32.1 Å². The van der Waals surface area contributed by atoms with Gasteiger partial charge in [0, 0.05) is 12.6 Å². The first-order valence-electron chi connectivity index (χ1n) is 8.35. The first kappa shape index (κ1) is 16.4. The molecule has 3 saturated carbocycles. The van der Waals surface area contributed by atoms with Crippen LogP contribution in [0.5, 0.6) is 0 Å². The number of nitrogens with one attached hydrogen (secondary N) is 1. The first-order chi connectivity index (χ1) is 9.28. The molecule has 116 valence electrons. The predicted octanol–water partition coefficient (Wildman–Crippen LogP) is 3.81. The van der Waals surface area contributed by atoms with Crippen molar-refractivity contribution in [1.82, 2.24) is 5.32 Å². The molecule has 4 heteroatoms.